The van der Waals surface area contributed by atoms with E-state index in [0.29, 0.717) is 19.8 Å². The van der Waals surface area contributed by atoms with Crippen LogP contribution in [0.5, 0.6) is 0 Å². The van der Waals surface area contributed by atoms with E-state index >= 15 is 0 Å². The first-order valence-corrected chi connectivity index (χ1v) is 11.0. The number of H-pyrrole nitrogens is 1. The van der Waals surface area contributed by atoms with E-state index in [4.69, 9.17) is 9.47 Å². The summed E-state index contributed by atoms with van der Waals surface area (Å²) in [6, 6.07) is 6.62. The number of rotatable bonds is 4. The highest BCUT2D eigenvalue weighted by molar-refractivity contribution is 5.85. The lowest BCUT2D eigenvalue weighted by molar-refractivity contribution is -0.00807. The zero-order valence-electron chi connectivity index (χ0n) is 19.2. The van der Waals surface area contributed by atoms with Gasteiger partial charge >= 0.3 is 6.09 Å². The summed E-state index contributed by atoms with van der Waals surface area (Å²) >= 11 is 0. The van der Waals surface area contributed by atoms with Gasteiger partial charge in [-0.05, 0) is 64.2 Å². The SMILES string of the molecule is CC.CCc1c(C)[nH]c2cc(CN(C(=O)OC(C)(C)C)C3CCOCC3)ccc12. The predicted molar refractivity (Wildman–Crippen MR) is 119 cm³/mol. The van der Waals surface area contributed by atoms with E-state index in [-0.39, 0.29) is 12.1 Å². The number of carbonyl (C=O) groups excluding carboxylic acids is 1. The molecule has 2 heterocycles. The Labute approximate surface area is 175 Å². The van der Waals surface area contributed by atoms with Crippen LogP contribution in [0.1, 0.15) is 71.2 Å². The average molecular weight is 403 g/mol. The summed E-state index contributed by atoms with van der Waals surface area (Å²) in [4.78, 5) is 18.3. The van der Waals surface area contributed by atoms with Gasteiger partial charge in [-0.1, -0.05) is 32.9 Å². The van der Waals surface area contributed by atoms with Crippen molar-refractivity contribution in [2.45, 2.75) is 85.9 Å². The van der Waals surface area contributed by atoms with Gasteiger partial charge in [-0.3, -0.25) is 0 Å². The van der Waals surface area contributed by atoms with Gasteiger partial charge in [0.2, 0.25) is 0 Å². The van der Waals surface area contributed by atoms with Crippen LogP contribution < -0.4 is 0 Å². The Hall–Kier alpha value is -2.01. The zero-order valence-corrected chi connectivity index (χ0v) is 19.2. The van der Waals surface area contributed by atoms with Crippen LogP contribution in [0.15, 0.2) is 18.2 Å². The molecule has 29 heavy (non-hydrogen) atoms. The van der Waals surface area contributed by atoms with Gasteiger partial charge in [-0.2, -0.15) is 0 Å². The Morgan fingerprint density at radius 1 is 1.24 bits per heavy atom. The second-order valence-corrected chi connectivity index (χ2v) is 8.41. The molecule has 5 nitrogen and oxygen atoms in total. The van der Waals surface area contributed by atoms with E-state index < -0.39 is 5.60 Å². The number of nitrogens with one attached hydrogen (secondary N) is 1. The van der Waals surface area contributed by atoms with E-state index in [9.17, 15) is 4.79 Å². The maximum absolute atomic E-state index is 12.9. The quantitative estimate of drug-likeness (QED) is 0.684. The Morgan fingerprint density at radius 3 is 2.48 bits per heavy atom. The second kappa shape index (κ2) is 10.1. The van der Waals surface area contributed by atoms with Gasteiger partial charge in [-0.15, -0.1) is 0 Å². The fourth-order valence-corrected chi connectivity index (χ4v) is 3.85. The summed E-state index contributed by atoms with van der Waals surface area (Å²) in [5.41, 5.74) is 4.33. The Kier molecular flexibility index (Phi) is 8.14. The van der Waals surface area contributed by atoms with Crippen LogP contribution in [0, 0.1) is 6.92 Å². The van der Waals surface area contributed by atoms with Crippen molar-refractivity contribution in [3.8, 4) is 0 Å². The monoisotopic (exact) mass is 402 g/mol. The minimum absolute atomic E-state index is 0.154. The van der Waals surface area contributed by atoms with Gasteiger partial charge in [0, 0.05) is 42.4 Å². The standard InChI is InChI=1S/C22H32N2O3.C2H6/c1-6-18-15(2)23-20-13-16(7-8-19(18)20)14-24(17-9-11-26-12-10-17)21(25)27-22(3,4)5;1-2/h7-8,13,17,23H,6,9-12,14H2,1-5H3;1-2H3. The number of ether oxygens (including phenoxy) is 2. The zero-order chi connectivity index (χ0) is 21.6. The predicted octanol–water partition coefficient (Wildman–Crippen LogP) is 5.98. The van der Waals surface area contributed by atoms with Crippen molar-refractivity contribution in [2.24, 2.45) is 0 Å². The lowest BCUT2D eigenvalue weighted by Crippen LogP contribution is -2.45. The third-order valence-corrected chi connectivity index (χ3v) is 5.15. The summed E-state index contributed by atoms with van der Waals surface area (Å²) in [5.74, 6) is 0. The molecule has 0 bridgehead atoms. The summed E-state index contributed by atoms with van der Waals surface area (Å²) in [6.45, 7) is 16.0. The molecule has 1 aromatic heterocycles. The molecule has 2 aromatic rings. The third kappa shape index (κ3) is 5.99. The van der Waals surface area contributed by atoms with Crippen molar-refractivity contribution < 1.29 is 14.3 Å². The number of hydrogen-bond acceptors (Lipinski definition) is 3. The number of nitrogens with zero attached hydrogens (tertiary/aromatic N) is 1. The summed E-state index contributed by atoms with van der Waals surface area (Å²) < 4.78 is 11.2. The fraction of sp³-hybridized carbons (Fsp3) is 0.625. The maximum atomic E-state index is 12.9. The van der Waals surface area contributed by atoms with E-state index in [0.717, 1.165) is 30.3 Å². The lowest BCUT2D eigenvalue weighted by Gasteiger charge is -2.35. The van der Waals surface area contributed by atoms with E-state index in [1.54, 1.807) is 0 Å². The molecule has 0 saturated carbocycles. The maximum Gasteiger partial charge on any atom is 0.410 e. The number of aromatic amines is 1. The number of benzene rings is 1. The van der Waals surface area contributed by atoms with Gasteiger partial charge < -0.3 is 19.4 Å². The Bertz CT molecular complexity index is 798. The molecule has 3 rings (SSSR count). The van der Waals surface area contributed by atoms with E-state index in [1.165, 1.54) is 16.6 Å². The summed E-state index contributed by atoms with van der Waals surface area (Å²) in [7, 11) is 0. The van der Waals surface area contributed by atoms with Crippen molar-refractivity contribution in [3.05, 3.63) is 35.0 Å². The van der Waals surface area contributed by atoms with Crippen molar-refractivity contribution in [3.63, 3.8) is 0 Å². The van der Waals surface area contributed by atoms with Crippen LogP contribution in [0.4, 0.5) is 4.79 Å². The van der Waals surface area contributed by atoms with E-state index in [1.807, 2.05) is 39.5 Å². The highest BCUT2D eigenvalue weighted by atomic mass is 16.6. The molecule has 1 amide bonds. The second-order valence-electron chi connectivity index (χ2n) is 8.41. The van der Waals surface area contributed by atoms with Crippen LogP contribution >= 0.6 is 0 Å². The van der Waals surface area contributed by atoms with Gasteiger partial charge in [0.25, 0.3) is 0 Å². The highest BCUT2D eigenvalue weighted by Gasteiger charge is 2.30. The Morgan fingerprint density at radius 2 is 1.90 bits per heavy atom. The molecule has 0 radical (unpaired) electrons. The van der Waals surface area contributed by atoms with Crippen molar-refractivity contribution in [1.82, 2.24) is 9.88 Å². The average Bonchev–Trinajstić information content (AvgIpc) is 3.01. The van der Waals surface area contributed by atoms with Crippen molar-refractivity contribution in [2.75, 3.05) is 13.2 Å². The smallest absolute Gasteiger partial charge is 0.410 e. The molecule has 1 N–H and O–H groups in total. The topological polar surface area (TPSA) is 54.6 Å². The van der Waals surface area contributed by atoms with Gasteiger partial charge in [-0.25, -0.2) is 4.79 Å². The highest BCUT2D eigenvalue weighted by Crippen LogP contribution is 2.26. The molecule has 5 heteroatoms. The van der Waals surface area contributed by atoms with Crippen LogP contribution in [0.25, 0.3) is 10.9 Å². The van der Waals surface area contributed by atoms with E-state index in [2.05, 4.69) is 37.0 Å². The molecule has 0 unspecified atom stereocenters. The van der Waals surface area contributed by atoms with Crippen molar-refractivity contribution in [1.29, 1.82) is 0 Å². The normalized spacial score (nSPS) is 15.0. The third-order valence-electron chi connectivity index (χ3n) is 5.15. The van der Waals surface area contributed by atoms with Gasteiger partial charge in [0.05, 0.1) is 0 Å². The molecule has 1 aliphatic heterocycles. The number of aromatic nitrogens is 1. The molecule has 162 valence electrons. The van der Waals surface area contributed by atoms with Gasteiger partial charge in [0.1, 0.15) is 5.60 Å². The van der Waals surface area contributed by atoms with Crippen LogP contribution in [0.2, 0.25) is 0 Å². The first-order valence-electron chi connectivity index (χ1n) is 11.0. The number of hydrogen-bond donors (Lipinski definition) is 1. The number of amides is 1. The molecular formula is C24H38N2O3. The molecule has 0 spiro atoms. The summed E-state index contributed by atoms with van der Waals surface area (Å²) in [5, 5.41) is 1.27. The minimum Gasteiger partial charge on any atom is -0.444 e. The number of carbonyl (C=O) groups is 1. The molecular weight excluding hydrogens is 364 g/mol. The molecule has 1 aromatic carbocycles. The van der Waals surface area contributed by atoms with Crippen molar-refractivity contribution >= 4 is 17.0 Å². The molecule has 1 saturated heterocycles. The molecule has 1 aliphatic rings. The minimum atomic E-state index is -0.503. The first kappa shape index (κ1) is 23.3. The van der Waals surface area contributed by atoms with Crippen LogP contribution in [0.3, 0.4) is 0 Å². The molecule has 1 fully saturated rings. The Balaban J connectivity index is 0.00000145. The fourth-order valence-electron chi connectivity index (χ4n) is 3.85. The van der Waals surface area contributed by atoms with Crippen LogP contribution in [-0.2, 0) is 22.4 Å². The van der Waals surface area contributed by atoms with Gasteiger partial charge in [0.15, 0.2) is 0 Å². The first-order chi connectivity index (χ1) is 13.8. The molecule has 0 atom stereocenters. The number of aryl methyl sites for hydroxylation is 2. The summed E-state index contributed by atoms with van der Waals surface area (Å²) in [6.07, 6.45) is 2.47. The van der Waals surface area contributed by atoms with Crippen LogP contribution in [-0.4, -0.2) is 40.8 Å². The number of fused-ring (bicyclic) bond motifs is 1. The largest absolute Gasteiger partial charge is 0.444 e. The molecule has 0 aliphatic carbocycles. The lowest BCUT2D eigenvalue weighted by atomic mass is 10.0.